The maximum absolute atomic E-state index is 5.76. The average molecular weight is 353 g/mol. The molecule has 0 aromatic rings. The molecule has 4 heteroatoms. The lowest BCUT2D eigenvalue weighted by Crippen LogP contribution is -2.34. The number of hydrogen-bond donors (Lipinski definition) is 2. The standard InChI is InChI=1S/C13H27N3.HI/c1-10(2)7-13(5,6)9-16-12(14)15-8-11(3)4;/h10H,3,7-9H2,1-2,4-6H3,(H3,14,15,16);1H. The van der Waals surface area contributed by atoms with Crippen LogP contribution in [-0.2, 0) is 0 Å². The summed E-state index contributed by atoms with van der Waals surface area (Å²) in [5.74, 6) is 1.20. The molecule has 0 bridgehead atoms. The molecule has 0 unspecified atom stereocenters. The Balaban J connectivity index is 0. The highest BCUT2D eigenvalue weighted by Crippen LogP contribution is 2.25. The molecule has 0 fully saturated rings. The van der Waals surface area contributed by atoms with Crippen molar-refractivity contribution in [3.63, 3.8) is 0 Å². The minimum absolute atomic E-state index is 0. The van der Waals surface area contributed by atoms with Crippen LogP contribution in [-0.4, -0.2) is 19.0 Å². The summed E-state index contributed by atoms with van der Waals surface area (Å²) in [6, 6.07) is 0. The van der Waals surface area contributed by atoms with Crippen molar-refractivity contribution < 1.29 is 0 Å². The van der Waals surface area contributed by atoms with E-state index in [9.17, 15) is 0 Å². The molecule has 0 amide bonds. The number of halogens is 1. The molecule has 0 atom stereocenters. The molecule has 3 nitrogen and oxygen atoms in total. The van der Waals surface area contributed by atoms with Gasteiger partial charge < -0.3 is 11.1 Å². The third-order valence-corrected chi connectivity index (χ3v) is 2.21. The van der Waals surface area contributed by atoms with Crippen LogP contribution in [0.5, 0.6) is 0 Å². The van der Waals surface area contributed by atoms with E-state index in [1.54, 1.807) is 0 Å². The smallest absolute Gasteiger partial charge is 0.188 e. The van der Waals surface area contributed by atoms with Gasteiger partial charge >= 0.3 is 0 Å². The molecule has 0 aliphatic rings. The van der Waals surface area contributed by atoms with Crippen LogP contribution in [0.4, 0.5) is 0 Å². The summed E-state index contributed by atoms with van der Waals surface area (Å²) in [6.07, 6.45) is 1.16. The summed E-state index contributed by atoms with van der Waals surface area (Å²) < 4.78 is 0. The molecule has 17 heavy (non-hydrogen) atoms. The number of guanidine groups is 1. The lowest BCUT2D eigenvalue weighted by Gasteiger charge is -2.24. The number of aliphatic imine (C=N–C) groups is 1. The van der Waals surface area contributed by atoms with E-state index in [0.717, 1.165) is 18.5 Å². The highest BCUT2D eigenvalue weighted by atomic mass is 127. The van der Waals surface area contributed by atoms with Gasteiger partial charge in [-0.1, -0.05) is 39.8 Å². The van der Waals surface area contributed by atoms with Crippen LogP contribution in [0.15, 0.2) is 17.1 Å². The van der Waals surface area contributed by atoms with Gasteiger partial charge in [0.25, 0.3) is 0 Å². The molecule has 0 aliphatic carbocycles. The second-order valence-corrected chi connectivity index (χ2v) is 5.77. The van der Waals surface area contributed by atoms with E-state index in [-0.39, 0.29) is 29.4 Å². The van der Waals surface area contributed by atoms with E-state index in [1.807, 2.05) is 6.92 Å². The van der Waals surface area contributed by atoms with E-state index in [1.165, 1.54) is 0 Å². The fourth-order valence-electron chi connectivity index (χ4n) is 1.77. The first-order chi connectivity index (χ1) is 7.23. The molecule has 0 saturated carbocycles. The van der Waals surface area contributed by atoms with Gasteiger partial charge in [0.15, 0.2) is 5.96 Å². The number of rotatable bonds is 6. The molecular weight excluding hydrogens is 325 g/mol. The molecular formula is C13H28IN3. The van der Waals surface area contributed by atoms with Crippen molar-refractivity contribution in [3.8, 4) is 0 Å². The monoisotopic (exact) mass is 353 g/mol. The van der Waals surface area contributed by atoms with Crippen molar-refractivity contribution in [3.05, 3.63) is 12.2 Å². The van der Waals surface area contributed by atoms with E-state index >= 15 is 0 Å². The summed E-state index contributed by atoms with van der Waals surface area (Å²) >= 11 is 0. The van der Waals surface area contributed by atoms with E-state index < -0.39 is 0 Å². The Hall–Kier alpha value is -0.260. The summed E-state index contributed by atoms with van der Waals surface area (Å²) in [5, 5.41) is 3.04. The van der Waals surface area contributed by atoms with Crippen LogP contribution in [0, 0.1) is 11.3 Å². The van der Waals surface area contributed by atoms with Gasteiger partial charge in [0.1, 0.15) is 0 Å². The molecule has 0 aromatic heterocycles. The van der Waals surface area contributed by atoms with Crippen molar-refractivity contribution in [1.82, 2.24) is 5.32 Å². The zero-order valence-corrected chi connectivity index (χ0v) is 14.2. The Kier molecular flexibility index (Phi) is 9.85. The maximum Gasteiger partial charge on any atom is 0.188 e. The van der Waals surface area contributed by atoms with E-state index in [2.05, 4.69) is 44.6 Å². The molecule has 0 radical (unpaired) electrons. The topological polar surface area (TPSA) is 50.4 Å². The van der Waals surface area contributed by atoms with Gasteiger partial charge in [0.2, 0.25) is 0 Å². The van der Waals surface area contributed by atoms with Gasteiger partial charge in [-0.15, -0.1) is 24.0 Å². The minimum Gasteiger partial charge on any atom is -0.370 e. The number of hydrogen-bond acceptors (Lipinski definition) is 1. The van der Waals surface area contributed by atoms with Gasteiger partial charge in [-0.05, 0) is 24.7 Å². The Labute approximate surface area is 123 Å². The van der Waals surface area contributed by atoms with E-state index in [4.69, 9.17) is 5.73 Å². The van der Waals surface area contributed by atoms with Gasteiger partial charge in [0, 0.05) is 13.1 Å². The van der Waals surface area contributed by atoms with Crippen molar-refractivity contribution in [2.75, 3.05) is 13.1 Å². The normalized spacial score (nSPS) is 12.2. The first-order valence-electron chi connectivity index (χ1n) is 5.91. The fraction of sp³-hybridized carbons (Fsp3) is 0.769. The third kappa shape index (κ3) is 12.0. The van der Waals surface area contributed by atoms with Crippen LogP contribution >= 0.6 is 24.0 Å². The predicted molar refractivity (Wildman–Crippen MR) is 88.0 cm³/mol. The summed E-state index contributed by atoms with van der Waals surface area (Å²) in [6.45, 7) is 16.1. The Morgan fingerprint density at radius 3 is 2.35 bits per heavy atom. The molecule has 0 rings (SSSR count). The summed E-state index contributed by atoms with van der Waals surface area (Å²) in [5.41, 5.74) is 7.02. The maximum atomic E-state index is 5.76. The lowest BCUT2D eigenvalue weighted by atomic mass is 9.84. The van der Waals surface area contributed by atoms with Crippen LogP contribution in [0.3, 0.4) is 0 Å². The molecule has 0 aromatic carbocycles. The van der Waals surface area contributed by atoms with Crippen molar-refractivity contribution >= 4 is 29.9 Å². The quantitative estimate of drug-likeness (QED) is 0.334. The predicted octanol–water partition coefficient (Wildman–Crippen LogP) is 3.16. The van der Waals surface area contributed by atoms with E-state index in [0.29, 0.717) is 18.4 Å². The molecule has 3 N–H and O–H groups in total. The molecule has 0 heterocycles. The summed E-state index contributed by atoms with van der Waals surface area (Å²) in [4.78, 5) is 4.36. The van der Waals surface area contributed by atoms with Crippen molar-refractivity contribution in [2.24, 2.45) is 22.1 Å². The van der Waals surface area contributed by atoms with Gasteiger partial charge in [0.05, 0.1) is 0 Å². The number of nitrogens with zero attached hydrogens (tertiary/aromatic N) is 1. The lowest BCUT2D eigenvalue weighted by molar-refractivity contribution is 0.298. The Morgan fingerprint density at radius 2 is 1.94 bits per heavy atom. The zero-order chi connectivity index (χ0) is 12.8. The van der Waals surface area contributed by atoms with Crippen LogP contribution in [0.25, 0.3) is 0 Å². The fourth-order valence-corrected chi connectivity index (χ4v) is 1.77. The SMILES string of the molecule is C=C(C)CNC(N)=NCC(C)(C)CC(C)C.I. The van der Waals surface area contributed by atoms with Crippen molar-refractivity contribution in [2.45, 2.75) is 41.0 Å². The molecule has 0 spiro atoms. The Bertz CT molecular complexity index is 257. The summed E-state index contributed by atoms with van der Waals surface area (Å²) in [7, 11) is 0. The number of nitrogens with two attached hydrogens (primary N) is 1. The van der Waals surface area contributed by atoms with Crippen LogP contribution in [0.2, 0.25) is 0 Å². The first-order valence-corrected chi connectivity index (χ1v) is 5.91. The van der Waals surface area contributed by atoms with Crippen LogP contribution in [0.1, 0.15) is 41.0 Å². The van der Waals surface area contributed by atoms with Crippen LogP contribution < -0.4 is 11.1 Å². The highest BCUT2D eigenvalue weighted by Gasteiger charge is 2.18. The van der Waals surface area contributed by atoms with Gasteiger partial charge in [-0.3, -0.25) is 4.99 Å². The number of nitrogens with one attached hydrogen (secondary N) is 1. The van der Waals surface area contributed by atoms with Gasteiger partial charge in [-0.25, -0.2) is 0 Å². The average Bonchev–Trinajstić information content (AvgIpc) is 2.09. The largest absolute Gasteiger partial charge is 0.370 e. The Morgan fingerprint density at radius 1 is 1.41 bits per heavy atom. The molecule has 0 saturated heterocycles. The third-order valence-electron chi connectivity index (χ3n) is 2.21. The van der Waals surface area contributed by atoms with Gasteiger partial charge in [-0.2, -0.15) is 0 Å². The minimum atomic E-state index is 0. The molecule has 102 valence electrons. The first kappa shape index (κ1) is 19.1. The zero-order valence-electron chi connectivity index (χ0n) is 11.8. The highest BCUT2D eigenvalue weighted by molar-refractivity contribution is 14.0. The second kappa shape index (κ2) is 8.78. The second-order valence-electron chi connectivity index (χ2n) is 5.77. The molecule has 0 aliphatic heterocycles. The van der Waals surface area contributed by atoms with Crippen molar-refractivity contribution in [1.29, 1.82) is 0 Å².